The second-order valence-corrected chi connectivity index (χ2v) is 3.82. The van der Waals surface area contributed by atoms with Crippen LogP contribution < -0.4 is 0 Å². The van der Waals surface area contributed by atoms with Crippen molar-refractivity contribution in [2.75, 3.05) is 5.33 Å². The predicted molar refractivity (Wildman–Crippen MR) is 62.3 cm³/mol. The molecule has 1 aromatic carbocycles. The van der Waals surface area contributed by atoms with Gasteiger partial charge in [-0.05, 0) is 16.7 Å². The van der Waals surface area contributed by atoms with Crippen LogP contribution in [-0.2, 0) is 19.8 Å². The van der Waals surface area contributed by atoms with E-state index >= 15 is 0 Å². The van der Waals surface area contributed by atoms with Crippen molar-refractivity contribution in [1.82, 2.24) is 0 Å². The van der Waals surface area contributed by atoms with Crippen molar-refractivity contribution >= 4 is 21.7 Å². The smallest absolute Gasteiger partial charge is 0.173 e. The fourth-order valence-electron chi connectivity index (χ4n) is 1.60. The van der Waals surface area contributed by atoms with Crippen LogP contribution in [0.3, 0.4) is 0 Å². The first-order valence-corrected chi connectivity index (χ1v) is 5.87. The van der Waals surface area contributed by atoms with Gasteiger partial charge in [0.05, 0.1) is 25.2 Å². The lowest BCUT2D eigenvalue weighted by Crippen LogP contribution is -2.10. The molecule has 0 bridgehead atoms. The number of hydrogen-bond donors (Lipinski definition) is 3. The number of alkyl halides is 1. The van der Waals surface area contributed by atoms with Crippen molar-refractivity contribution in [3.8, 4) is 0 Å². The molecule has 0 amide bonds. The zero-order valence-corrected chi connectivity index (χ0v) is 10.2. The molecule has 0 spiro atoms. The van der Waals surface area contributed by atoms with Gasteiger partial charge in [0.1, 0.15) is 0 Å². The van der Waals surface area contributed by atoms with Gasteiger partial charge in [0.25, 0.3) is 0 Å². The summed E-state index contributed by atoms with van der Waals surface area (Å²) in [5.41, 5.74) is 1.72. The number of rotatable bonds is 5. The molecule has 0 atom stereocenters. The molecule has 0 unspecified atom stereocenters. The second kappa shape index (κ2) is 6.10. The van der Waals surface area contributed by atoms with E-state index in [4.69, 9.17) is 5.11 Å². The van der Waals surface area contributed by atoms with Gasteiger partial charge in [-0.3, -0.25) is 4.79 Å². The number of Topliss-reactive ketones (excluding diaryl/α,β-unsaturated/α-hetero) is 1. The molecule has 0 aliphatic rings. The molecule has 1 rings (SSSR count). The van der Waals surface area contributed by atoms with E-state index < -0.39 is 0 Å². The Morgan fingerprint density at radius 2 is 1.69 bits per heavy atom. The lowest BCUT2D eigenvalue weighted by atomic mass is 9.95. The van der Waals surface area contributed by atoms with Gasteiger partial charge in [0.2, 0.25) is 0 Å². The zero-order valence-electron chi connectivity index (χ0n) is 8.61. The van der Waals surface area contributed by atoms with Crippen molar-refractivity contribution in [1.29, 1.82) is 0 Å². The summed E-state index contributed by atoms with van der Waals surface area (Å²) in [6, 6.07) is 3.14. The molecule has 0 heterocycles. The molecule has 3 N–H and O–H groups in total. The first-order valence-electron chi connectivity index (χ1n) is 4.74. The van der Waals surface area contributed by atoms with Crippen LogP contribution in [0.5, 0.6) is 0 Å². The average Bonchev–Trinajstić information content (AvgIpc) is 2.35. The molecule has 0 saturated heterocycles. The van der Waals surface area contributed by atoms with E-state index in [9.17, 15) is 15.0 Å². The summed E-state index contributed by atoms with van der Waals surface area (Å²) in [4.78, 5) is 11.6. The van der Waals surface area contributed by atoms with Crippen LogP contribution in [0.1, 0.15) is 27.0 Å². The van der Waals surface area contributed by atoms with E-state index in [-0.39, 0.29) is 30.9 Å². The zero-order chi connectivity index (χ0) is 12.1. The summed E-state index contributed by atoms with van der Waals surface area (Å²) in [6.07, 6.45) is 0. The number of benzene rings is 1. The topological polar surface area (TPSA) is 77.8 Å². The number of ketones is 1. The van der Waals surface area contributed by atoms with Crippen molar-refractivity contribution in [3.05, 3.63) is 34.4 Å². The summed E-state index contributed by atoms with van der Waals surface area (Å²) in [7, 11) is 0. The Bertz CT molecular complexity index is 390. The molecule has 16 heavy (non-hydrogen) atoms. The minimum atomic E-state index is -0.336. The van der Waals surface area contributed by atoms with Gasteiger partial charge in [-0.25, -0.2) is 0 Å². The monoisotopic (exact) mass is 288 g/mol. The lowest BCUT2D eigenvalue weighted by molar-refractivity contribution is 0.102. The van der Waals surface area contributed by atoms with Crippen molar-refractivity contribution in [3.63, 3.8) is 0 Å². The first-order chi connectivity index (χ1) is 7.69. The first kappa shape index (κ1) is 13.3. The fourth-order valence-corrected chi connectivity index (χ4v) is 1.90. The third-order valence-corrected chi connectivity index (χ3v) is 2.95. The summed E-state index contributed by atoms with van der Waals surface area (Å²) in [5.74, 6) is -0.164. The maximum absolute atomic E-state index is 11.6. The van der Waals surface area contributed by atoms with Gasteiger partial charge in [-0.1, -0.05) is 28.1 Å². The normalized spacial score (nSPS) is 10.5. The Kier molecular flexibility index (Phi) is 5.08. The van der Waals surface area contributed by atoms with Gasteiger partial charge >= 0.3 is 0 Å². The molecule has 0 aliphatic heterocycles. The molecular weight excluding hydrogens is 276 g/mol. The summed E-state index contributed by atoms with van der Waals surface area (Å²) >= 11 is 3.05. The van der Waals surface area contributed by atoms with E-state index in [2.05, 4.69) is 15.9 Å². The van der Waals surface area contributed by atoms with Crippen LogP contribution in [0.25, 0.3) is 0 Å². The Morgan fingerprint density at radius 3 is 2.12 bits per heavy atom. The van der Waals surface area contributed by atoms with E-state index in [0.717, 1.165) is 0 Å². The van der Waals surface area contributed by atoms with Crippen LogP contribution in [0.15, 0.2) is 12.1 Å². The van der Waals surface area contributed by atoms with Gasteiger partial charge in [0, 0.05) is 5.56 Å². The summed E-state index contributed by atoms with van der Waals surface area (Å²) < 4.78 is 0. The number of aliphatic hydroxyl groups is 3. The molecule has 0 aliphatic carbocycles. The highest BCUT2D eigenvalue weighted by molar-refractivity contribution is 9.09. The van der Waals surface area contributed by atoms with Crippen molar-refractivity contribution in [2.45, 2.75) is 19.8 Å². The molecule has 4 nitrogen and oxygen atoms in total. The fraction of sp³-hybridized carbons (Fsp3) is 0.364. The molecule has 1 aromatic rings. The Morgan fingerprint density at radius 1 is 1.06 bits per heavy atom. The van der Waals surface area contributed by atoms with E-state index in [1.807, 2.05) is 0 Å². The van der Waals surface area contributed by atoms with Gasteiger partial charge < -0.3 is 15.3 Å². The third-order valence-electron chi connectivity index (χ3n) is 2.44. The van der Waals surface area contributed by atoms with Crippen molar-refractivity contribution < 1.29 is 20.1 Å². The number of carbonyl (C=O) groups excluding carboxylic acids is 1. The number of hydrogen-bond acceptors (Lipinski definition) is 4. The average molecular weight is 289 g/mol. The Balaban J connectivity index is 3.37. The molecule has 88 valence electrons. The van der Waals surface area contributed by atoms with Crippen LogP contribution >= 0.6 is 15.9 Å². The maximum atomic E-state index is 11.6. The maximum Gasteiger partial charge on any atom is 0.173 e. The third kappa shape index (κ3) is 2.49. The lowest BCUT2D eigenvalue weighted by Gasteiger charge is -2.13. The minimum absolute atomic E-state index is 0.156. The van der Waals surface area contributed by atoms with Crippen LogP contribution in [0.4, 0.5) is 0 Å². The van der Waals surface area contributed by atoms with Gasteiger partial charge in [-0.2, -0.15) is 0 Å². The number of halogens is 1. The molecule has 0 aromatic heterocycles. The van der Waals surface area contributed by atoms with E-state index in [0.29, 0.717) is 22.3 Å². The molecular formula is C11H13BrO4. The van der Waals surface area contributed by atoms with E-state index in [1.165, 1.54) is 0 Å². The Hall–Kier alpha value is -0.750. The van der Waals surface area contributed by atoms with Gasteiger partial charge in [0.15, 0.2) is 5.78 Å². The minimum Gasteiger partial charge on any atom is -0.392 e. The van der Waals surface area contributed by atoms with Crippen LogP contribution in [0, 0.1) is 0 Å². The number of carbonyl (C=O) groups is 1. The van der Waals surface area contributed by atoms with Gasteiger partial charge in [-0.15, -0.1) is 0 Å². The summed E-state index contributed by atoms with van der Waals surface area (Å²) in [5, 5.41) is 27.7. The highest BCUT2D eigenvalue weighted by atomic mass is 79.9. The summed E-state index contributed by atoms with van der Waals surface area (Å²) in [6.45, 7) is -0.876. The second-order valence-electron chi connectivity index (χ2n) is 3.26. The van der Waals surface area contributed by atoms with E-state index in [1.54, 1.807) is 12.1 Å². The largest absolute Gasteiger partial charge is 0.392 e. The number of aliphatic hydroxyl groups excluding tert-OH is 3. The molecule has 5 heteroatoms. The highest BCUT2D eigenvalue weighted by Gasteiger charge is 2.15. The predicted octanol–water partition coefficient (Wildman–Crippen LogP) is 0.741. The Labute approximate surface area is 102 Å². The molecule has 0 saturated carbocycles. The van der Waals surface area contributed by atoms with Crippen LogP contribution in [0.2, 0.25) is 0 Å². The molecule has 0 radical (unpaired) electrons. The van der Waals surface area contributed by atoms with Crippen molar-refractivity contribution in [2.24, 2.45) is 0 Å². The standard InChI is InChI=1S/C11H13BrO4/c12-3-11(16)8-2-1-7(4-13)9(5-14)10(8)6-15/h1-2,13-15H,3-6H2. The quantitative estimate of drug-likeness (QED) is 0.552. The highest BCUT2D eigenvalue weighted by Crippen LogP contribution is 2.21. The van der Waals surface area contributed by atoms with Crippen LogP contribution in [-0.4, -0.2) is 26.4 Å². The molecule has 0 fully saturated rings. The SMILES string of the molecule is O=C(CBr)c1ccc(CO)c(CO)c1CO.